The summed E-state index contributed by atoms with van der Waals surface area (Å²) in [7, 11) is 0. The third kappa shape index (κ3) is 7.58. The van der Waals surface area contributed by atoms with Gasteiger partial charge in [-0.1, -0.05) is 40.7 Å². The van der Waals surface area contributed by atoms with E-state index in [2.05, 4.69) is 57.8 Å². The first kappa shape index (κ1) is 26.9. The topological polar surface area (TPSA) is 80.9 Å². The van der Waals surface area contributed by atoms with E-state index in [1.165, 1.54) is 42.1 Å². The molecule has 2 heterocycles. The molecule has 0 amide bonds. The van der Waals surface area contributed by atoms with Crippen LogP contribution in [-0.2, 0) is 38.4 Å². The summed E-state index contributed by atoms with van der Waals surface area (Å²) in [4.78, 5) is 15.5. The summed E-state index contributed by atoms with van der Waals surface area (Å²) in [6, 6.07) is 14.5. The van der Waals surface area contributed by atoms with Crippen LogP contribution in [0.1, 0.15) is 81.3 Å². The van der Waals surface area contributed by atoms with E-state index >= 15 is 0 Å². The molecule has 1 N–H and O–H groups in total. The second-order valence-electron chi connectivity index (χ2n) is 10.2. The molecule has 1 radical (unpaired) electrons. The third-order valence-electron chi connectivity index (χ3n) is 5.48. The number of carboxylic acids is 1. The minimum Gasteiger partial charge on any atom is -0.477 e. The Bertz CT molecular complexity index is 1030. The Balaban J connectivity index is 0.000000326. The maximum atomic E-state index is 10.1. The molecule has 0 bridgehead atoms. The summed E-state index contributed by atoms with van der Waals surface area (Å²) < 4.78 is 0. The van der Waals surface area contributed by atoms with Gasteiger partial charge < -0.3 is 5.11 Å². The molecule has 0 saturated carbocycles. The number of pyridine rings is 1. The molecule has 0 aliphatic heterocycles. The number of aromatic carboxylic acids is 1. The first-order valence-electron chi connectivity index (χ1n) is 11.2. The molecule has 1 aromatic carbocycles. The molecule has 3 aromatic rings. The molecule has 0 unspecified atom stereocenters. The molecule has 0 saturated heterocycles. The summed E-state index contributed by atoms with van der Waals surface area (Å²) in [6.07, 6.45) is 7.16. The number of carbonyl (C=O) groups is 1. The van der Waals surface area contributed by atoms with Gasteiger partial charge in [-0.05, 0) is 60.8 Å². The first-order chi connectivity index (χ1) is 15.0. The number of nitrogens with zero attached hydrogens (tertiary/aromatic N) is 4. The van der Waals surface area contributed by atoms with Gasteiger partial charge in [0.15, 0.2) is 0 Å². The van der Waals surface area contributed by atoms with Gasteiger partial charge in [-0.15, -0.1) is 11.6 Å². The molecule has 0 fully saturated rings. The average Bonchev–Trinajstić information content (AvgIpc) is 3.18. The SMILES string of the molecule is CC(C)(C)CC(C)(C)c1cc[c-]c(-n2nc3c(n2)CCCC3)c1.O=C(O)c1ccccn1.[Ir]. The zero-order valence-electron chi connectivity index (χ0n) is 20.1. The number of aryl methyl sites for hydroxylation is 2. The fourth-order valence-corrected chi connectivity index (χ4v) is 4.36. The predicted molar refractivity (Wildman–Crippen MR) is 125 cm³/mol. The Morgan fingerprint density at radius 3 is 2.18 bits per heavy atom. The van der Waals surface area contributed by atoms with Crippen LogP contribution >= 0.6 is 0 Å². The van der Waals surface area contributed by atoms with Gasteiger partial charge >= 0.3 is 5.97 Å². The zero-order chi connectivity index (χ0) is 23.4. The molecule has 2 aromatic heterocycles. The molecule has 7 heteroatoms. The average molecular weight is 626 g/mol. The first-order valence-corrected chi connectivity index (χ1v) is 11.2. The summed E-state index contributed by atoms with van der Waals surface area (Å²) in [6.45, 7) is 11.5. The number of rotatable bonds is 4. The fourth-order valence-electron chi connectivity index (χ4n) is 4.36. The molecule has 179 valence electrons. The second kappa shape index (κ2) is 11.2. The largest absolute Gasteiger partial charge is 0.477 e. The molecule has 4 rings (SSSR count). The van der Waals surface area contributed by atoms with Crippen molar-refractivity contribution in [3.8, 4) is 5.69 Å². The van der Waals surface area contributed by atoms with Gasteiger partial charge in [0.25, 0.3) is 0 Å². The number of aromatic nitrogens is 4. The van der Waals surface area contributed by atoms with Crippen molar-refractivity contribution in [2.45, 2.75) is 72.1 Å². The van der Waals surface area contributed by atoms with Crippen LogP contribution in [0.3, 0.4) is 0 Å². The van der Waals surface area contributed by atoms with Gasteiger partial charge in [-0.25, -0.2) is 9.78 Å². The maximum absolute atomic E-state index is 10.1. The van der Waals surface area contributed by atoms with Crippen LogP contribution in [0.25, 0.3) is 5.69 Å². The predicted octanol–water partition coefficient (Wildman–Crippen LogP) is 5.44. The monoisotopic (exact) mass is 626 g/mol. The van der Waals surface area contributed by atoms with Crippen LogP contribution in [0.5, 0.6) is 0 Å². The van der Waals surface area contributed by atoms with Crippen molar-refractivity contribution >= 4 is 5.97 Å². The van der Waals surface area contributed by atoms with E-state index in [1.807, 2.05) is 6.07 Å². The summed E-state index contributed by atoms with van der Waals surface area (Å²) in [5, 5.41) is 17.7. The molecule has 1 aliphatic carbocycles. The van der Waals surface area contributed by atoms with E-state index in [-0.39, 0.29) is 31.2 Å². The molecular formula is C26H33IrN4O2-. The fraction of sp³-hybridized carbons (Fsp3) is 0.462. The van der Waals surface area contributed by atoms with E-state index in [0.717, 1.165) is 24.9 Å². The number of carboxylic acid groups (broad SMARTS) is 1. The van der Waals surface area contributed by atoms with Crippen molar-refractivity contribution in [2.24, 2.45) is 5.41 Å². The number of hydrogen-bond acceptors (Lipinski definition) is 4. The van der Waals surface area contributed by atoms with Crippen LogP contribution in [0.15, 0.2) is 42.6 Å². The van der Waals surface area contributed by atoms with Crippen molar-refractivity contribution in [1.29, 1.82) is 0 Å². The van der Waals surface area contributed by atoms with E-state index in [9.17, 15) is 4.79 Å². The maximum Gasteiger partial charge on any atom is 0.354 e. The van der Waals surface area contributed by atoms with E-state index in [1.54, 1.807) is 16.9 Å². The van der Waals surface area contributed by atoms with Crippen LogP contribution < -0.4 is 0 Å². The van der Waals surface area contributed by atoms with Gasteiger partial charge in [-0.3, -0.25) is 0 Å². The quantitative estimate of drug-likeness (QED) is 0.391. The molecule has 0 atom stereocenters. The summed E-state index contributed by atoms with van der Waals surface area (Å²) in [5.74, 6) is -0.990. The van der Waals surface area contributed by atoms with Crippen molar-refractivity contribution in [3.05, 3.63) is 71.3 Å². The standard InChI is InChI=1S/C20H28N3.C6H5NO2.Ir/c1-19(2,3)14-20(4,5)15-9-8-10-16(13-15)23-21-17-11-6-7-12-18(17)22-23;8-6(9)5-3-1-2-4-7-5;/h8-9,13H,6-7,11-12,14H2,1-5H3;1-4H,(H,8,9);/q-1;;. The molecule has 1 aliphatic rings. The zero-order valence-corrected chi connectivity index (χ0v) is 22.4. The Labute approximate surface area is 210 Å². The van der Waals surface area contributed by atoms with Gasteiger partial charge in [-0.2, -0.15) is 33.2 Å². The Kier molecular flexibility index (Phi) is 9.10. The van der Waals surface area contributed by atoms with E-state index in [4.69, 9.17) is 15.3 Å². The van der Waals surface area contributed by atoms with Gasteiger partial charge in [0, 0.05) is 26.3 Å². The Morgan fingerprint density at radius 2 is 1.70 bits per heavy atom. The molecule has 6 nitrogen and oxygen atoms in total. The number of hydrogen-bond donors (Lipinski definition) is 1. The molecule has 33 heavy (non-hydrogen) atoms. The molecule has 0 spiro atoms. The van der Waals surface area contributed by atoms with E-state index in [0.29, 0.717) is 5.41 Å². The second-order valence-corrected chi connectivity index (χ2v) is 10.2. The van der Waals surface area contributed by atoms with Gasteiger partial charge in [0.1, 0.15) is 5.69 Å². The minimum absolute atomic E-state index is 0. The van der Waals surface area contributed by atoms with Gasteiger partial charge in [0.05, 0.1) is 11.4 Å². The normalized spacial score (nSPS) is 13.2. The van der Waals surface area contributed by atoms with Crippen molar-refractivity contribution in [1.82, 2.24) is 20.0 Å². The van der Waals surface area contributed by atoms with E-state index < -0.39 is 5.97 Å². The van der Waals surface area contributed by atoms with Crippen LogP contribution in [0, 0.1) is 11.5 Å². The van der Waals surface area contributed by atoms with Crippen LogP contribution in [0.2, 0.25) is 0 Å². The summed E-state index contributed by atoms with van der Waals surface area (Å²) >= 11 is 0. The van der Waals surface area contributed by atoms with Crippen molar-refractivity contribution < 1.29 is 30.0 Å². The third-order valence-corrected chi connectivity index (χ3v) is 5.48. The van der Waals surface area contributed by atoms with Gasteiger partial charge in [0.2, 0.25) is 0 Å². The number of benzene rings is 1. The van der Waals surface area contributed by atoms with Crippen LogP contribution in [0.4, 0.5) is 0 Å². The smallest absolute Gasteiger partial charge is 0.354 e. The van der Waals surface area contributed by atoms with Crippen LogP contribution in [-0.4, -0.2) is 31.1 Å². The van der Waals surface area contributed by atoms with Crippen molar-refractivity contribution in [3.63, 3.8) is 0 Å². The number of fused-ring (bicyclic) bond motifs is 1. The van der Waals surface area contributed by atoms with Crippen molar-refractivity contribution in [2.75, 3.05) is 0 Å². The molecular weight excluding hydrogens is 593 g/mol. The Hall–Kier alpha value is -2.37. The summed E-state index contributed by atoms with van der Waals surface area (Å²) in [5.41, 5.74) is 5.13. The minimum atomic E-state index is -0.990. The Morgan fingerprint density at radius 1 is 1.06 bits per heavy atom.